The molecule has 1 atom stereocenters. The van der Waals surface area contributed by atoms with Gasteiger partial charge < -0.3 is 19.8 Å². The predicted molar refractivity (Wildman–Crippen MR) is 97.6 cm³/mol. The van der Waals surface area contributed by atoms with Crippen molar-refractivity contribution in [3.63, 3.8) is 0 Å². The number of carbonyl (C=O) groups is 2. The van der Waals surface area contributed by atoms with E-state index in [9.17, 15) is 19.8 Å². The van der Waals surface area contributed by atoms with E-state index in [-0.39, 0.29) is 103 Å². The largest absolute Gasteiger partial charge is 1.00 e. The second-order valence-electron chi connectivity index (χ2n) is 6.96. The van der Waals surface area contributed by atoms with E-state index in [0.29, 0.717) is 0 Å². The summed E-state index contributed by atoms with van der Waals surface area (Å²) in [4.78, 5) is 21.2. The third-order valence-corrected chi connectivity index (χ3v) is 4.53. The zero-order valence-electron chi connectivity index (χ0n) is 18.0. The first kappa shape index (κ1) is 33.6. The molecule has 6 heteroatoms. The first-order valence-electron chi connectivity index (χ1n) is 10.1. The Bertz CT molecular complexity index is 373. The SMILES string of the molecule is CCCCCCCCCCCCCCCC=CC(CC(=O)[O-])C(=O)[O-].[K+].[K+]. The van der Waals surface area contributed by atoms with Crippen LogP contribution in [0.25, 0.3) is 0 Å². The number of carbonyl (C=O) groups excluding carboxylic acids is 2. The van der Waals surface area contributed by atoms with E-state index in [4.69, 9.17) is 0 Å². The second kappa shape index (κ2) is 26.0. The summed E-state index contributed by atoms with van der Waals surface area (Å²) >= 11 is 0. The van der Waals surface area contributed by atoms with Gasteiger partial charge in [0.2, 0.25) is 0 Å². The van der Waals surface area contributed by atoms with Gasteiger partial charge in [0.1, 0.15) is 0 Å². The molecule has 4 nitrogen and oxygen atoms in total. The van der Waals surface area contributed by atoms with Gasteiger partial charge in [0.15, 0.2) is 0 Å². The molecule has 27 heavy (non-hydrogen) atoms. The number of carboxylic acids is 2. The number of carboxylic acid groups (broad SMARTS) is 2. The summed E-state index contributed by atoms with van der Waals surface area (Å²) in [5, 5.41) is 21.2. The van der Waals surface area contributed by atoms with Gasteiger partial charge in [-0.05, 0) is 19.3 Å². The van der Waals surface area contributed by atoms with Crippen LogP contribution in [0.2, 0.25) is 0 Å². The fraction of sp³-hybridized carbons (Fsp3) is 0.810. The molecule has 0 heterocycles. The van der Waals surface area contributed by atoms with Crippen molar-refractivity contribution in [3.8, 4) is 0 Å². The van der Waals surface area contributed by atoms with Crippen molar-refractivity contribution in [3.05, 3.63) is 12.2 Å². The van der Waals surface area contributed by atoms with Gasteiger partial charge in [-0.3, -0.25) is 0 Å². The maximum Gasteiger partial charge on any atom is 1.00 e. The van der Waals surface area contributed by atoms with Crippen molar-refractivity contribution in [2.45, 2.75) is 103 Å². The summed E-state index contributed by atoms with van der Waals surface area (Å²) in [5.74, 6) is -3.79. The monoisotopic (exact) mass is 430 g/mol. The molecule has 0 aromatic rings. The maximum atomic E-state index is 10.8. The van der Waals surface area contributed by atoms with Crippen LogP contribution in [0.3, 0.4) is 0 Å². The van der Waals surface area contributed by atoms with Crippen LogP contribution in [-0.2, 0) is 9.59 Å². The molecule has 0 saturated carbocycles. The normalized spacial score (nSPS) is 11.6. The number of hydrogen-bond donors (Lipinski definition) is 0. The van der Waals surface area contributed by atoms with E-state index in [1.54, 1.807) is 6.08 Å². The van der Waals surface area contributed by atoms with Crippen LogP contribution in [0.1, 0.15) is 103 Å². The minimum absolute atomic E-state index is 0. The Morgan fingerprint density at radius 1 is 0.741 bits per heavy atom. The standard InChI is InChI=1S/C21H38O4.2K/c1-2-3-4-5-6-7-8-9-10-11-12-13-14-15-16-17-19(21(24)25)18-20(22)23;;/h16-17,19H,2-15,18H2,1H3,(H,22,23)(H,24,25);;/q;2*+1/p-2. The molecule has 0 aliphatic heterocycles. The van der Waals surface area contributed by atoms with E-state index >= 15 is 0 Å². The zero-order chi connectivity index (χ0) is 18.8. The first-order valence-corrected chi connectivity index (χ1v) is 10.1. The van der Waals surface area contributed by atoms with Crippen molar-refractivity contribution in [1.29, 1.82) is 0 Å². The molecule has 0 N–H and O–H groups in total. The predicted octanol–water partition coefficient (Wildman–Crippen LogP) is -2.46. The molecule has 0 saturated heterocycles. The molecule has 0 bridgehead atoms. The number of hydrogen-bond acceptors (Lipinski definition) is 4. The number of aliphatic carboxylic acids is 2. The minimum Gasteiger partial charge on any atom is -0.550 e. The summed E-state index contributed by atoms with van der Waals surface area (Å²) in [5.41, 5.74) is 0. The summed E-state index contributed by atoms with van der Waals surface area (Å²) in [6.45, 7) is 2.25. The average Bonchev–Trinajstić information content (AvgIpc) is 2.56. The molecule has 0 amide bonds. The van der Waals surface area contributed by atoms with Crippen LogP contribution < -0.4 is 113 Å². The maximum absolute atomic E-state index is 10.8. The van der Waals surface area contributed by atoms with Gasteiger partial charge in [-0.2, -0.15) is 0 Å². The molecule has 0 aliphatic carbocycles. The van der Waals surface area contributed by atoms with Crippen molar-refractivity contribution < 1.29 is 123 Å². The van der Waals surface area contributed by atoms with Crippen molar-refractivity contribution in [2.24, 2.45) is 5.92 Å². The van der Waals surface area contributed by atoms with E-state index in [1.807, 2.05) is 0 Å². The Kier molecular flexibility index (Phi) is 32.3. The minimum atomic E-state index is -1.36. The van der Waals surface area contributed by atoms with Gasteiger partial charge >= 0.3 is 103 Å². The van der Waals surface area contributed by atoms with Crippen LogP contribution in [0.15, 0.2) is 12.2 Å². The Labute approximate surface area is 251 Å². The molecule has 0 rings (SSSR count). The van der Waals surface area contributed by atoms with Gasteiger partial charge in [0.25, 0.3) is 0 Å². The molecule has 146 valence electrons. The smallest absolute Gasteiger partial charge is 0.550 e. The van der Waals surface area contributed by atoms with Gasteiger partial charge in [0.05, 0.1) is 0 Å². The van der Waals surface area contributed by atoms with Crippen LogP contribution in [0, 0.1) is 5.92 Å². The van der Waals surface area contributed by atoms with E-state index in [1.165, 1.54) is 76.7 Å². The second-order valence-corrected chi connectivity index (χ2v) is 6.96. The molecule has 0 radical (unpaired) electrons. The Hall–Kier alpha value is 1.95. The van der Waals surface area contributed by atoms with Crippen molar-refractivity contribution in [2.75, 3.05) is 0 Å². The van der Waals surface area contributed by atoms with Crippen LogP contribution >= 0.6 is 0 Å². The zero-order valence-corrected chi connectivity index (χ0v) is 24.2. The van der Waals surface area contributed by atoms with Gasteiger partial charge in [-0.25, -0.2) is 0 Å². The number of rotatable bonds is 18. The van der Waals surface area contributed by atoms with Gasteiger partial charge in [-0.15, -0.1) is 0 Å². The molecular formula is C21H36K2O4. The molecule has 1 unspecified atom stereocenters. The van der Waals surface area contributed by atoms with E-state index in [2.05, 4.69) is 6.92 Å². The van der Waals surface area contributed by atoms with Crippen LogP contribution in [-0.4, -0.2) is 11.9 Å². The topological polar surface area (TPSA) is 80.3 Å². The number of unbranched alkanes of at least 4 members (excludes halogenated alkanes) is 13. The average molecular weight is 431 g/mol. The Morgan fingerprint density at radius 2 is 1.15 bits per heavy atom. The van der Waals surface area contributed by atoms with Gasteiger partial charge in [0, 0.05) is 17.9 Å². The fourth-order valence-corrected chi connectivity index (χ4v) is 2.95. The first-order chi connectivity index (χ1) is 12.1. The summed E-state index contributed by atoms with van der Waals surface area (Å²) in [7, 11) is 0. The molecule has 0 spiro atoms. The van der Waals surface area contributed by atoms with Crippen LogP contribution in [0.5, 0.6) is 0 Å². The molecule has 0 fully saturated rings. The fourth-order valence-electron chi connectivity index (χ4n) is 2.95. The molecule has 0 aromatic carbocycles. The molecule has 0 aromatic heterocycles. The van der Waals surface area contributed by atoms with Crippen molar-refractivity contribution in [1.82, 2.24) is 0 Å². The quantitative estimate of drug-likeness (QED) is 0.137. The van der Waals surface area contributed by atoms with Crippen LogP contribution in [0.4, 0.5) is 0 Å². The van der Waals surface area contributed by atoms with Crippen molar-refractivity contribution >= 4 is 11.9 Å². The summed E-state index contributed by atoms with van der Waals surface area (Å²) < 4.78 is 0. The van der Waals surface area contributed by atoms with E-state index < -0.39 is 24.3 Å². The molecular weight excluding hydrogens is 394 g/mol. The third kappa shape index (κ3) is 25.9. The molecule has 0 aliphatic rings. The third-order valence-electron chi connectivity index (χ3n) is 4.53. The summed E-state index contributed by atoms with van der Waals surface area (Å²) in [6, 6.07) is 0. The van der Waals surface area contributed by atoms with E-state index in [0.717, 1.165) is 19.3 Å². The number of allylic oxidation sites excluding steroid dienone is 1. The summed E-state index contributed by atoms with van der Waals surface area (Å²) in [6.07, 6.45) is 20.3. The Morgan fingerprint density at radius 3 is 1.52 bits per heavy atom. The van der Waals surface area contributed by atoms with Gasteiger partial charge in [-0.1, -0.05) is 96.1 Å². The Balaban J connectivity index is -0.00000288.